The van der Waals surface area contributed by atoms with Crippen LogP contribution in [0.5, 0.6) is 0 Å². The topological polar surface area (TPSA) is 72.2 Å². The van der Waals surface area contributed by atoms with Gasteiger partial charge in [0.2, 0.25) is 10.0 Å². The molecule has 15 heavy (non-hydrogen) atoms. The van der Waals surface area contributed by atoms with Gasteiger partial charge in [-0.2, -0.15) is 0 Å². The molecule has 1 rings (SSSR count). The van der Waals surface area contributed by atoms with Gasteiger partial charge in [-0.15, -0.1) is 0 Å². The van der Waals surface area contributed by atoms with E-state index in [0.29, 0.717) is 12.2 Å². The second kappa shape index (κ2) is 4.20. The second-order valence-electron chi connectivity index (χ2n) is 3.48. The van der Waals surface area contributed by atoms with Crippen molar-refractivity contribution in [1.82, 2.24) is 4.72 Å². The summed E-state index contributed by atoms with van der Waals surface area (Å²) in [7, 11) is -3.46. The predicted molar refractivity (Wildman–Crippen MR) is 61.2 cm³/mol. The number of aryl methyl sites for hydroxylation is 2. The fraction of sp³-hybridized carbons (Fsp3) is 0.400. The average molecular weight is 228 g/mol. The molecule has 0 amide bonds. The Morgan fingerprint density at radius 3 is 2.33 bits per heavy atom. The Morgan fingerprint density at radius 1 is 1.27 bits per heavy atom. The number of sulfonamides is 1. The first kappa shape index (κ1) is 12.0. The number of hydrogen-bond acceptors (Lipinski definition) is 3. The van der Waals surface area contributed by atoms with E-state index in [1.54, 1.807) is 19.1 Å². The van der Waals surface area contributed by atoms with Gasteiger partial charge in [0.15, 0.2) is 0 Å². The number of anilines is 1. The molecule has 0 bridgehead atoms. The predicted octanol–water partition coefficient (Wildman–Crippen LogP) is 1.18. The van der Waals surface area contributed by atoms with Crippen molar-refractivity contribution in [2.45, 2.75) is 25.7 Å². The van der Waals surface area contributed by atoms with Crippen LogP contribution in [0.1, 0.15) is 18.1 Å². The number of nitrogens with two attached hydrogens (primary N) is 1. The van der Waals surface area contributed by atoms with Crippen LogP contribution in [0.2, 0.25) is 0 Å². The molecule has 4 nitrogen and oxygen atoms in total. The quantitative estimate of drug-likeness (QED) is 0.763. The first-order chi connectivity index (χ1) is 6.88. The maximum Gasteiger partial charge on any atom is 0.242 e. The Morgan fingerprint density at radius 2 is 1.80 bits per heavy atom. The van der Waals surface area contributed by atoms with Gasteiger partial charge < -0.3 is 5.73 Å². The number of hydrogen-bond donors (Lipinski definition) is 2. The summed E-state index contributed by atoms with van der Waals surface area (Å²) in [5, 5.41) is 0. The highest BCUT2D eigenvalue weighted by Gasteiger charge is 2.16. The molecule has 3 N–H and O–H groups in total. The molecule has 0 heterocycles. The maximum atomic E-state index is 11.7. The summed E-state index contributed by atoms with van der Waals surface area (Å²) in [6.45, 7) is 5.85. The van der Waals surface area contributed by atoms with E-state index in [1.807, 2.05) is 13.8 Å². The van der Waals surface area contributed by atoms with Crippen molar-refractivity contribution in [2.24, 2.45) is 0 Å². The molecule has 0 unspecified atom stereocenters. The summed E-state index contributed by atoms with van der Waals surface area (Å²) in [5.41, 5.74) is 7.88. The number of nitrogen functional groups attached to an aromatic ring is 1. The lowest BCUT2D eigenvalue weighted by molar-refractivity contribution is 0.584. The normalized spacial score (nSPS) is 11.7. The van der Waals surface area contributed by atoms with Crippen LogP contribution in [-0.2, 0) is 10.0 Å². The van der Waals surface area contributed by atoms with E-state index in [1.165, 1.54) is 0 Å². The fourth-order valence-electron chi connectivity index (χ4n) is 1.31. The van der Waals surface area contributed by atoms with E-state index in [4.69, 9.17) is 5.73 Å². The van der Waals surface area contributed by atoms with E-state index in [2.05, 4.69) is 4.72 Å². The first-order valence-corrected chi connectivity index (χ1v) is 6.23. The first-order valence-electron chi connectivity index (χ1n) is 4.75. The third kappa shape index (κ3) is 2.49. The molecule has 0 saturated carbocycles. The Kier molecular flexibility index (Phi) is 3.36. The zero-order valence-electron chi connectivity index (χ0n) is 9.16. The van der Waals surface area contributed by atoms with Gasteiger partial charge in [0.25, 0.3) is 0 Å². The van der Waals surface area contributed by atoms with Crippen molar-refractivity contribution in [1.29, 1.82) is 0 Å². The molecular weight excluding hydrogens is 212 g/mol. The molecule has 0 atom stereocenters. The van der Waals surface area contributed by atoms with E-state index >= 15 is 0 Å². The van der Waals surface area contributed by atoms with Crippen LogP contribution in [0.3, 0.4) is 0 Å². The molecule has 1 aromatic carbocycles. The molecule has 0 aliphatic heterocycles. The van der Waals surface area contributed by atoms with Crippen LogP contribution < -0.4 is 10.5 Å². The van der Waals surface area contributed by atoms with Crippen LogP contribution in [0, 0.1) is 13.8 Å². The van der Waals surface area contributed by atoms with E-state index in [0.717, 1.165) is 11.1 Å². The molecule has 5 heteroatoms. The summed E-state index contributed by atoms with van der Waals surface area (Å²) < 4.78 is 25.9. The van der Waals surface area contributed by atoms with E-state index in [9.17, 15) is 8.42 Å². The minimum absolute atomic E-state index is 0.160. The van der Waals surface area contributed by atoms with Gasteiger partial charge in [0.05, 0.1) is 5.69 Å². The van der Waals surface area contributed by atoms with E-state index < -0.39 is 10.0 Å². The van der Waals surface area contributed by atoms with Crippen LogP contribution in [0.4, 0.5) is 5.69 Å². The lowest BCUT2D eigenvalue weighted by Gasteiger charge is -2.10. The summed E-state index contributed by atoms with van der Waals surface area (Å²) in [6.07, 6.45) is 0. The lowest BCUT2D eigenvalue weighted by atomic mass is 10.1. The van der Waals surface area contributed by atoms with Crippen LogP contribution in [0.25, 0.3) is 0 Å². The molecule has 0 aliphatic rings. The zero-order valence-corrected chi connectivity index (χ0v) is 9.98. The SMILES string of the molecule is CCNS(=O)(=O)c1cc(C)c(C)cc1N. The van der Waals surface area contributed by atoms with Crippen molar-refractivity contribution < 1.29 is 8.42 Å². The molecule has 0 saturated heterocycles. The zero-order chi connectivity index (χ0) is 11.6. The second-order valence-corrected chi connectivity index (χ2v) is 5.21. The largest absolute Gasteiger partial charge is 0.398 e. The Bertz CT molecular complexity index is 467. The molecule has 0 radical (unpaired) electrons. The lowest BCUT2D eigenvalue weighted by Crippen LogP contribution is -2.24. The summed E-state index contributed by atoms with van der Waals surface area (Å²) >= 11 is 0. The van der Waals surface area contributed by atoms with Gasteiger partial charge in [-0.1, -0.05) is 6.92 Å². The van der Waals surface area contributed by atoms with Gasteiger partial charge in [-0.3, -0.25) is 0 Å². The van der Waals surface area contributed by atoms with Crippen molar-refractivity contribution in [2.75, 3.05) is 12.3 Å². The fourth-order valence-corrected chi connectivity index (χ4v) is 2.55. The van der Waals surface area contributed by atoms with Crippen molar-refractivity contribution in [3.05, 3.63) is 23.3 Å². The molecule has 0 spiro atoms. The molecule has 0 aliphatic carbocycles. The minimum atomic E-state index is -3.46. The number of benzene rings is 1. The summed E-state index contributed by atoms with van der Waals surface area (Å²) in [5.74, 6) is 0. The highest BCUT2D eigenvalue weighted by Crippen LogP contribution is 2.22. The van der Waals surface area contributed by atoms with Crippen LogP contribution >= 0.6 is 0 Å². The van der Waals surface area contributed by atoms with Crippen LogP contribution in [-0.4, -0.2) is 15.0 Å². The van der Waals surface area contributed by atoms with Crippen molar-refractivity contribution >= 4 is 15.7 Å². The monoisotopic (exact) mass is 228 g/mol. The van der Waals surface area contributed by atoms with E-state index in [-0.39, 0.29) is 4.90 Å². The van der Waals surface area contributed by atoms with Gasteiger partial charge >= 0.3 is 0 Å². The molecule has 0 fully saturated rings. The minimum Gasteiger partial charge on any atom is -0.398 e. The average Bonchev–Trinajstić information content (AvgIpc) is 2.11. The van der Waals surface area contributed by atoms with Crippen molar-refractivity contribution in [3.63, 3.8) is 0 Å². The summed E-state index contributed by atoms with van der Waals surface area (Å²) in [4.78, 5) is 0.160. The van der Waals surface area contributed by atoms with Gasteiger partial charge in [0, 0.05) is 6.54 Å². The number of nitrogens with one attached hydrogen (secondary N) is 1. The molecule has 84 valence electrons. The van der Waals surface area contributed by atoms with Gasteiger partial charge in [-0.25, -0.2) is 13.1 Å². The van der Waals surface area contributed by atoms with Gasteiger partial charge in [0.1, 0.15) is 4.90 Å². The van der Waals surface area contributed by atoms with Crippen LogP contribution in [0.15, 0.2) is 17.0 Å². The third-order valence-corrected chi connectivity index (χ3v) is 3.85. The molecule has 0 aromatic heterocycles. The number of rotatable bonds is 3. The smallest absolute Gasteiger partial charge is 0.242 e. The van der Waals surface area contributed by atoms with Gasteiger partial charge in [-0.05, 0) is 37.1 Å². The Hall–Kier alpha value is -1.07. The summed E-state index contributed by atoms with van der Waals surface area (Å²) in [6, 6.07) is 3.28. The van der Waals surface area contributed by atoms with Crippen molar-refractivity contribution in [3.8, 4) is 0 Å². The molecular formula is C10H16N2O2S. The third-order valence-electron chi connectivity index (χ3n) is 2.25. The highest BCUT2D eigenvalue weighted by molar-refractivity contribution is 7.89. The maximum absolute atomic E-state index is 11.7. The standard InChI is InChI=1S/C10H16N2O2S/c1-4-12-15(13,14)10-6-8(3)7(2)5-9(10)11/h5-6,12H,4,11H2,1-3H3. The highest BCUT2D eigenvalue weighted by atomic mass is 32.2. The Balaban J connectivity index is 3.33. The molecule has 1 aromatic rings. The Labute approximate surface area is 90.5 Å².